The van der Waals surface area contributed by atoms with Crippen LogP contribution >= 0.6 is 0 Å². The molecule has 0 aromatic heterocycles. The van der Waals surface area contributed by atoms with Crippen LogP contribution in [0.5, 0.6) is 23.0 Å². The van der Waals surface area contributed by atoms with Crippen molar-refractivity contribution in [3.8, 4) is 23.0 Å². The van der Waals surface area contributed by atoms with E-state index in [4.69, 9.17) is 18.6 Å². The van der Waals surface area contributed by atoms with E-state index in [1.807, 2.05) is 48.5 Å². The van der Waals surface area contributed by atoms with E-state index >= 15 is 0 Å². The molecule has 2 aromatic rings. The van der Waals surface area contributed by atoms with Gasteiger partial charge in [-0.1, -0.05) is 45.0 Å². The summed E-state index contributed by atoms with van der Waals surface area (Å²) in [6.45, 7) is 6.57. The Labute approximate surface area is 143 Å². The fourth-order valence-corrected chi connectivity index (χ4v) is 3.21. The van der Waals surface area contributed by atoms with E-state index < -0.39 is 0 Å². The second kappa shape index (κ2) is 5.69. The Bertz CT molecular complexity index is 694. The lowest BCUT2D eigenvalue weighted by atomic mass is 9.52. The molecule has 24 heavy (non-hydrogen) atoms. The molecule has 1 unspecified atom stereocenters. The number of benzene rings is 2. The summed E-state index contributed by atoms with van der Waals surface area (Å²) in [6, 6.07) is 15.5. The van der Waals surface area contributed by atoms with Gasteiger partial charge in [-0.15, -0.1) is 0 Å². The second-order valence-corrected chi connectivity index (χ2v) is 7.37. The molecule has 0 fully saturated rings. The van der Waals surface area contributed by atoms with Crippen molar-refractivity contribution >= 4 is 14.2 Å². The van der Waals surface area contributed by atoms with Crippen LogP contribution in [0.2, 0.25) is 12.1 Å². The minimum absolute atomic E-state index is 0.0196. The summed E-state index contributed by atoms with van der Waals surface area (Å²) in [7, 11) is -0.652. The van der Waals surface area contributed by atoms with E-state index in [0.29, 0.717) is 6.32 Å². The van der Waals surface area contributed by atoms with Crippen molar-refractivity contribution in [2.45, 2.75) is 32.9 Å². The van der Waals surface area contributed by atoms with Crippen LogP contribution in [0.1, 0.15) is 20.8 Å². The zero-order valence-electron chi connectivity index (χ0n) is 14.2. The molecule has 0 amide bonds. The van der Waals surface area contributed by atoms with E-state index in [1.54, 1.807) is 0 Å². The summed E-state index contributed by atoms with van der Waals surface area (Å²) in [5.41, 5.74) is -0.0196. The second-order valence-electron chi connectivity index (χ2n) is 7.37. The van der Waals surface area contributed by atoms with Gasteiger partial charge in [0.05, 0.1) is 0 Å². The van der Waals surface area contributed by atoms with Crippen LogP contribution < -0.4 is 18.6 Å². The Morgan fingerprint density at radius 3 is 1.58 bits per heavy atom. The van der Waals surface area contributed by atoms with Gasteiger partial charge in [-0.05, 0) is 29.7 Å². The topological polar surface area (TPSA) is 36.9 Å². The predicted molar refractivity (Wildman–Crippen MR) is 94.9 cm³/mol. The normalized spacial score (nSPS) is 16.5. The molecule has 0 N–H and O–H groups in total. The van der Waals surface area contributed by atoms with Crippen molar-refractivity contribution in [3.63, 3.8) is 0 Å². The zero-order valence-corrected chi connectivity index (χ0v) is 14.2. The average molecular weight is 322 g/mol. The number of rotatable bonds is 3. The Kier molecular flexibility index (Phi) is 3.63. The maximum atomic E-state index is 6.05. The van der Waals surface area contributed by atoms with Crippen molar-refractivity contribution in [2.75, 3.05) is 0 Å². The minimum atomic E-state index is -0.335. The highest BCUT2D eigenvalue weighted by Gasteiger charge is 2.50. The summed E-state index contributed by atoms with van der Waals surface area (Å²) in [5, 5.41) is 0. The lowest BCUT2D eigenvalue weighted by molar-refractivity contribution is 0.329. The van der Waals surface area contributed by atoms with Crippen LogP contribution in [0.15, 0.2) is 48.5 Å². The fraction of sp³-hybridized carbons (Fsp3) is 0.333. The Morgan fingerprint density at radius 1 is 0.750 bits per heavy atom. The number of para-hydroxylation sites is 4. The van der Waals surface area contributed by atoms with E-state index in [0.717, 1.165) is 23.0 Å². The molecule has 0 saturated carbocycles. The van der Waals surface area contributed by atoms with Gasteiger partial charge in [0.25, 0.3) is 0 Å². The number of fused-ring (bicyclic) bond motifs is 2. The van der Waals surface area contributed by atoms with Crippen LogP contribution in [0.25, 0.3) is 0 Å². The first-order valence-corrected chi connectivity index (χ1v) is 8.35. The number of hydrogen-bond donors (Lipinski definition) is 0. The van der Waals surface area contributed by atoms with Gasteiger partial charge in [0.15, 0.2) is 0 Å². The van der Waals surface area contributed by atoms with Crippen LogP contribution in [0.3, 0.4) is 0 Å². The Balaban J connectivity index is 1.50. The summed E-state index contributed by atoms with van der Waals surface area (Å²) >= 11 is 0. The SMILES string of the molecule is CC(C)(C)C(CB1Oc2ccccc2O1)B1Oc2ccccc2O1. The fourth-order valence-electron chi connectivity index (χ4n) is 3.21. The molecule has 0 spiro atoms. The molecule has 2 aliphatic heterocycles. The van der Waals surface area contributed by atoms with Crippen molar-refractivity contribution < 1.29 is 18.6 Å². The van der Waals surface area contributed by atoms with Crippen LogP contribution in [0.4, 0.5) is 0 Å². The molecule has 0 bridgehead atoms. The van der Waals surface area contributed by atoms with Crippen LogP contribution in [0, 0.1) is 5.41 Å². The molecule has 0 radical (unpaired) electrons. The summed E-state index contributed by atoms with van der Waals surface area (Å²) in [6.07, 6.45) is 0.691. The quantitative estimate of drug-likeness (QED) is 0.789. The van der Waals surface area contributed by atoms with Gasteiger partial charge < -0.3 is 18.6 Å². The molecule has 122 valence electrons. The van der Waals surface area contributed by atoms with E-state index in [-0.39, 0.29) is 25.5 Å². The summed E-state index contributed by atoms with van der Waals surface area (Å²) in [4.78, 5) is 0. The van der Waals surface area contributed by atoms with E-state index in [1.165, 1.54) is 0 Å². The lowest BCUT2D eigenvalue weighted by Crippen LogP contribution is -2.42. The molecule has 6 heteroatoms. The Morgan fingerprint density at radius 2 is 1.17 bits per heavy atom. The van der Waals surface area contributed by atoms with Gasteiger partial charge >= 0.3 is 14.2 Å². The van der Waals surface area contributed by atoms with Crippen molar-refractivity contribution in [1.82, 2.24) is 0 Å². The Hall–Kier alpha value is -2.23. The maximum absolute atomic E-state index is 6.05. The zero-order chi connectivity index (χ0) is 16.7. The van der Waals surface area contributed by atoms with Crippen molar-refractivity contribution in [1.29, 1.82) is 0 Å². The van der Waals surface area contributed by atoms with Gasteiger partial charge in [0.2, 0.25) is 0 Å². The number of hydrogen-bond acceptors (Lipinski definition) is 4. The molecular formula is C18H20B2O4. The first-order chi connectivity index (χ1) is 11.5. The standard InChI is InChI=1S/C18H20B2O4/c1-18(2,3)17(20-23-15-10-6-7-11-16(15)24-20)12-19-21-13-8-4-5-9-14(13)22-19/h4-11,17H,12H2,1-3H3. The van der Waals surface area contributed by atoms with Crippen molar-refractivity contribution in [3.05, 3.63) is 48.5 Å². The highest BCUT2D eigenvalue weighted by molar-refractivity contribution is 6.55. The van der Waals surface area contributed by atoms with E-state index in [2.05, 4.69) is 20.8 Å². The predicted octanol–water partition coefficient (Wildman–Crippen LogP) is 4.32. The average Bonchev–Trinajstić information content (AvgIpc) is 3.14. The highest BCUT2D eigenvalue weighted by Crippen LogP contribution is 2.45. The van der Waals surface area contributed by atoms with Gasteiger partial charge in [0.1, 0.15) is 23.0 Å². The molecule has 2 aliphatic rings. The third-order valence-electron chi connectivity index (χ3n) is 4.59. The highest BCUT2D eigenvalue weighted by atomic mass is 16.6. The molecule has 4 rings (SSSR count). The summed E-state index contributed by atoms with van der Waals surface area (Å²) < 4.78 is 24.0. The molecular weight excluding hydrogens is 302 g/mol. The minimum Gasteiger partial charge on any atom is -0.523 e. The monoisotopic (exact) mass is 322 g/mol. The third kappa shape index (κ3) is 2.81. The first-order valence-electron chi connectivity index (χ1n) is 8.35. The molecule has 4 nitrogen and oxygen atoms in total. The van der Waals surface area contributed by atoms with Gasteiger partial charge in [-0.25, -0.2) is 0 Å². The lowest BCUT2D eigenvalue weighted by Gasteiger charge is -2.30. The summed E-state index contributed by atoms with van der Waals surface area (Å²) in [5.74, 6) is 3.31. The molecule has 0 saturated heterocycles. The van der Waals surface area contributed by atoms with Crippen LogP contribution in [-0.4, -0.2) is 14.2 Å². The molecule has 2 heterocycles. The molecule has 0 aliphatic carbocycles. The maximum Gasteiger partial charge on any atom is 0.598 e. The molecule has 1 atom stereocenters. The van der Waals surface area contributed by atoms with Gasteiger partial charge in [0, 0.05) is 12.1 Å². The van der Waals surface area contributed by atoms with Gasteiger partial charge in [-0.3, -0.25) is 0 Å². The molecule has 2 aromatic carbocycles. The smallest absolute Gasteiger partial charge is 0.523 e. The van der Waals surface area contributed by atoms with Gasteiger partial charge in [-0.2, -0.15) is 0 Å². The van der Waals surface area contributed by atoms with Crippen LogP contribution in [-0.2, 0) is 0 Å². The third-order valence-corrected chi connectivity index (χ3v) is 4.59. The first kappa shape index (κ1) is 15.3. The van der Waals surface area contributed by atoms with E-state index in [9.17, 15) is 0 Å². The van der Waals surface area contributed by atoms with Crippen molar-refractivity contribution in [2.24, 2.45) is 5.41 Å². The largest absolute Gasteiger partial charge is 0.598 e.